The molecule has 0 saturated heterocycles. The molecular weight excluding hydrogens is 3400 g/mol. The molecule has 1 N–H and O–H groups in total. The number of hydrogen-bond donors (Lipinski definition) is 1. The lowest BCUT2D eigenvalue weighted by Crippen LogP contribution is -2.77. The van der Waals surface area contributed by atoms with Crippen LogP contribution in [-0.2, 0) is 0 Å². The van der Waals surface area contributed by atoms with Crippen LogP contribution in [0.25, 0.3) is 0 Å². The first-order valence-electron chi connectivity index (χ1n) is 25.5. The average Bonchev–Trinajstić information content (AvgIpc) is 0.676. The van der Waals surface area contributed by atoms with Crippen molar-refractivity contribution in [2.45, 2.75) is 173 Å². The minimum Gasteiger partial charge on any atom is -0.249 e. The van der Waals surface area contributed by atoms with Gasteiger partial charge in [0.25, 0.3) is 0 Å². The van der Waals surface area contributed by atoms with Crippen molar-refractivity contribution in [3.63, 3.8) is 0 Å². The summed E-state index contributed by atoms with van der Waals surface area (Å²) in [7, 11) is 0. The van der Waals surface area contributed by atoms with E-state index < -0.39 is 173 Å². The Hall–Kier alpha value is 23.7. The molecular formula is C40HCl82N. The highest BCUT2D eigenvalue weighted by molar-refractivity contribution is 6.93. The molecule has 0 amide bonds. The zero-order valence-corrected chi connectivity index (χ0v) is 113. The van der Waals surface area contributed by atoms with E-state index in [2.05, 4.69) is 0 Å². The highest BCUT2D eigenvalue weighted by Gasteiger charge is 2.94. The van der Waals surface area contributed by atoms with Crippen molar-refractivity contribution < 1.29 is 0 Å². The molecule has 0 aromatic carbocycles. The van der Waals surface area contributed by atoms with Crippen LogP contribution in [0.15, 0.2) is 0 Å². The Morgan fingerprint density at radius 1 is 0.0650 bits per heavy atom. The van der Waals surface area contributed by atoms with E-state index in [9.17, 15) is 0 Å². The van der Waals surface area contributed by atoms with Gasteiger partial charge in [0.1, 0.15) is 0 Å². The summed E-state index contributed by atoms with van der Waals surface area (Å²) in [4.78, 5) is 0. The van der Waals surface area contributed by atoms with Crippen molar-refractivity contribution in [3.05, 3.63) is 0 Å². The second-order valence-electron chi connectivity index (χ2n) is 22.9. The van der Waals surface area contributed by atoms with Crippen molar-refractivity contribution in [2.75, 3.05) is 0 Å². The van der Waals surface area contributed by atoms with Crippen molar-refractivity contribution in [1.29, 1.82) is 0 Å². The van der Waals surface area contributed by atoms with Crippen molar-refractivity contribution in [1.82, 2.24) is 5.32 Å². The second-order valence-corrected chi connectivity index (χ2v) is 77.9. The molecule has 0 aromatic rings. The van der Waals surface area contributed by atoms with E-state index in [1.165, 1.54) is 0 Å². The topological polar surface area (TPSA) is 12.0 Å². The summed E-state index contributed by atoms with van der Waals surface area (Å²) in [6.07, 6.45) is 0. The Morgan fingerprint density at radius 3 is 0.171 bits per heavy atom. The van der Waals surface area contributed by atoms with E-state index in [0.717, 1.165) is 0 Å². The summed E-state index contributed by atoms with van der Waals surface area (Å²) >= 11 is 543. The van der Waals surface area contributed by atoms with Crippen LogP contribution in [-0.4, -0.2) is 173 Å². The van der Waals surface area contributed by atoms with Crippen LogP contribution in [0.3, 0.4) is 0 Å². The molecule has 83 heteroatoms. The van der Waals surface area contributed by atoms with Crippen molar-refractivity contribution in [2.24, 2.45) is 0 Å². The zero-order chi connectivity index (χ0) is 103. The number of nitrogens with one attached hydrogen (secondary N) is 1. The normalized spacial score (nSPS) is 17.7. The second kappa shape index (κ2) is 43.6. The first kappa shape index (κ1) is 147. The summed E-state index contributed by atoms with van der Waals surface area (Å²) in [6, 6.07) is 0. The Bertz CT molecular complexity index is 3520. The number of rotatable bonds is 38. The molecule has 0 heterocycles. The van der Waals surface area contributed by atoms with Crippen molar-refractivity contribution >= 4 is 951 Å². The van der Waals surface area contributed by atoms with Gasteiger partial charge in [0.05, 0.1) is 0 Å². The van der Waals surface area contributed by atoms with Gasteiger partial charge in [0, 0.05) is 0 Å². The van der Waals surface area contributed by atoms with Crippen LogP contribution in [0.4, 0.5) is 0 Å². The lowest BCUT2D eigenvalue weighted by atomic mass is 9.95. The third kappa shape index (κ3) is 21.8. The third-order valence-electron chi connectivity index (χ3n) is 15.2. The molecule has 0 saturated carbocycles. The molecule has 0 spiro atoms. The van der Waals surface area contributed by atoms with Gasteiger partial charge in [-0.1, -0.05) is 951 Å². The van der Waals surface area contributed by atoms with Crippen LogP contribution in [0, 0.1) is 0 Å². The van der Waals surface area contributed by atoms with Crippen LogP contribution >= 0.6 is 951 Å². The highest BCUT2D eigenvalue weighted by Crippen LogP contribution is 2.85. The molecule has 740 valence electrons. The Morgan fingerprint density at radius 2 is 0.114 bits per heavy atom. The SMILES string of the molecule is ClC(Cl)(Cl)C(Cl)(Cl)C(Cl)(Cl)C(Cl)(Cl)C(Cl)(Cl)C(Cl)(Cl)C(Cl)(Cl)C(Cl)(Cl)C(Cl)(Cl)C(Cl)(Cl)C(Cl)(Cl)C(Cl)(Cl)C(Cl)(Cl)C(Cl)(Cl)C(Cl)(Cl)C(Cl)(Cl)C(Cl)(Cl)C(Cl)(Cl)C(Cl)(Cl)C(Cl)(Cl)NC(Cl)(Cl)C(Cl)(Cl)C(Cl)(Cl)C(Cl)(Cl)C(Cl)(Cl)C(Cl)(Cl)C(Cl)(Cl)C(Cl)(Cl)C(Cl)(Cl)C(Cl)(Cl)C(Cl)(Cl)C(Cl)(Cl)C(Cl)(Cl)C(Cl)(Cl)C(Cl)(Cl)C(Cl)(Cl)C(Cl)(Cl)C(Cl)(Cl)C(Cl)(Cl)C(Cl)(Cl)Cl. The van der Waals surface area contributed by atoms with Gasteiger partial charge in [-0.05, 0) is 0 Å². The van der Waals surface area contributed by atoms with Gasteiger partial charge in [0.2, 0.25) is 25.2 Å². The summed E-state index contributed by atoms with van der Waals surface area (Å²) in [5.74, 6) is 0. The van der Waals surface area contributed by atoms with Gasteiger partial charge in [-0.2, -0.15) is 0 Å². The zero-order valence-electron chi connectivity index (χ0n) is 51.5. The summed E-state index contributed by atoms with van der Waals surface area (Å²) in [5, 5.41) is 1.73. The van der Waals surface area contributed by atoms with E-state index >= 15 is 0 Å². The molecule has 0 aliphatic carbocycles. The van der Waals surface area contributed by atoms with Gasteiger partial charge in [-0.15, -0.1) is 0 Å². The molecule has 0 aliphatic heterocycles. The Labute approximate surface area is 1110 Å². The molecule has 123 heavy (non-hydrogen) atoms. The maximum atomic E-state index is 6.79. The van der Waals surface area contributed by atoms with Crippen LogP contribution in [0.5, 0.6) is 0 Å². The van der Waals surface area contributed by atoms with E-state index in [1.54, 1.807) is 5.32 Å². The number of halogens is 82. The van der Waals surface area contributed by atoms with Gasteiger partial charge >= 0.3 is 0 Å². The average molecular weight is 3400 g/mol. The molecule has 0 atom stereocenters. The van der Waals surface area contributed by atoms with Gasteiger partial charge in [0.15, 0.2) is 147 Å². The minimum atomic E-state index is -4.10. The predicted octanol–water partition coefficient (Wildman–Crippen LogP) is 47.8. The molecule has 0 aromatic heterocycles. The Balaban J connectivity index is 8.43. The van der Waals surface area contributed by atoms with E-state index in [4.69, 9.17) is 951 Å². The third-order valence-corrected chi connectivity index (χ3v) is 74.3. The van der Waals surface area contributed by atoms with E-state index in [0.29, 0.717) is 0 Å². The predicted molar refractivity (Wildman–Crippen MR) is 592 cm³/mol. The fourth-order valence-electron chi connectivity index (χ4n) is 7.41. The Kier molecular flexibility index (Phi) is 52.0. The molecule has 1 nitrogen and oxygen atoms in total. The first-order valence-corrected chi connectivity index (χ1v) is 56.5. The monoisotopic (exact) mass is 3360 g/mol. The highest BCUT2D eigenvalue weighted by atomic mass is 35.6. The fourth-order valence-corrected chi connectivity index (χ4v) is 36.2. The summed E-state index contributed by atoms with van der Waals surface area (Å²) in [5.41, 5.74) is 0. The molecule has 0 aliphatic rings. The van der Waals surface area contributed by atoms with Gasteiger partial charge in [-0.25, -0.2) is 5.32 Å². The van der Waals surface area contributed by atoms with E-state index in [-0.39, 0.29) is 0 Å². The van der Waals surface area contributed by atoms with Gasteiger partial charge < -0.3 is 0 Å². The number of hydrogen-bond acceptors (Lipinski definition) is 1. The standard InChI is InChI=1S/C40HCl82N/c41-1(42,5(49,50)9(57,58)13(65,66)17(73,74)21(81,82)25(89,90)29(97,98)33(105,106)37(113,114)115)3(45,46)7(53,54)11(61,62)15(69,70)19(77,78)23(85,86)27(93,94)31(101,102)35(109,110)39(119,120)123-40(121,122)36(111,112)32(103,104)28(95,96)24(87,88)20(79,80)16(71,72)12(63,64)8(55,56)4(47,48)2(43,44)6(51,52)10(59,60)14(67,68)18(75,76)22(83,84)26(91,92)30(99,100)34(107,108)38(116,117)118/h123H. The molecule has 0 unspecified atom stereocenters. The van der Waals surface area contributed by atoms with Crippen LogP contribution in [0.1, 0.15) is 0 Å². The number of alkyl halides is 82. The molecule has 0 rings (SSSR count). The molecule has 0 fully saturated rings. The lowest BCUT2D eigenvalue weighted by Gasteiger charge is -2.59. The fraction of sp³-hybridized carbons (Fsp3) is 1.00. The quantitative estimate of drug-likeness (QED) is 0.0480. The summed E-state index contributed by atoms with van der Waals surface area (Å²) < 4.78 is -155. The largest absolute Gasteiger partial charge is 0.249 e. The van der Waals surface area contributed by atoms with E-state index in [1.807, 2.05) is 0 Å². The van der Waals surface area contributed by atoms with Crippen LogP contribution < -0.4 is 5.32 Å². The van der Waals surface area contributed by atoms with Gasteiger partial charge in [-0.3, -0.25) is 0 Å². The maximum absolute atomic E-state index is 6.79. The summed E-state index contributed by atoms with van der Waals surface area (Å²) in [6.45, 7) is 0. The lowest BCUT2D eigenvalue weighted by molar-refractivity contribution is 0.360. The minimum absolute atomic E-state index is 1.73. The molecule has 0 radical (unpaired) electrons. The maximum Gasteiger partial charge on any atom is 0.226 e. The first-order chi connectivity index (χ1) is 51.2. The van der Waals surface area contributed by atoms with Crippen LogP contribution in [0.2, 0.25) is 0 Å². The smallest absolute Gasteiger partial charge is 0.226 e. The van der Waals surface area contributed by atoms with Crippen molar-refractivity contribution in [3.8, 4) is 0 Å². The molecule has 0 bridgehead atoms.